The molecule has 0 spiro atoms. The molecule has 0 radical (unpaired) electrons. The number of rotatable bonds is 5. The summed E-state index contributed by atoms with van der Waals surface area (Å²) in [5.74, 6) is -0.898. The Morgan fingerprint density at radius 1 is 0.656 bits per heavy atom. The number of carboxylic acids is 1. The average molecular weight is 461 g/mol. The van der Waals surface area contributed by atoms with Gasteiger partial charge in [-0.15, -0.1) is 0 Å². The van der Waals surface area contributed by atoms with Crippen molar-refractivity contribution < 1.29 is 29.9 Å². The molecule has 0 saturated carbocycles. The van der Waals surface area contributed by atoms with Gasteiger partial charge in [-0.2, -0.15) is 0 Å². The number of hydrogen-bond donors (Lipinski definition) is 5. The second-order valence-electron chi connectivity index (χ2n) is 7.42. The second-order valence-corrected chi connectivity index (χ2v) is 9.91. The van der Waals surface area contributed by atoms with Crippen LogP contribution in [0.15, 0.2) is 91.0 Å². The van der Waals surface area contributed by atoms with E-state index in [1.807, 2.05) is 43.3 Å². The molecule has 0 amide bonds. The zero-order valence-corrected chi connectivity index (χ0v) is 19.5. The van der Waals surface area contributed by atoms with E-state index in [1.165, 1.54) is 0 Å². The fourth-order valence-corrected chi connectivity index (χ4v) is 4.14. The standard InChI is InChI=1S/C12H13O2P.C7H6O2.C6H14O2/c13-15(14,11-7-3-1-4-8-11)12-9-5-2-6-10-12;8-7(9)6-4-2-1-3-5-6;1-4(5(2)7)6(3)8/h1-10,13-15H;1-5H,(H,8,9);4-8H,1-3H3. The van der Waals surface area contributed by atoms with Crippen molar-refractivity contribution in [1.29, 1.82) is 0 Å². The summed E-state index contributed by atoms with van der Waals surface area (Å²) >= 11 is 0. The van der Waals surface area contributed by atoms with Crippen LogP contribution in [0.2, 0.25) is 0 Å². The fraction of sp³-hybridized carbons (Fsp3) is 0.240. The molecule has 0 aliphatic heterocycles. The Labute approximate surface area is 190 Å². The van der Waals surface area contributed by atoms with Crippen LogP contribution in [0.4, 0.5) is 0 Å². The molecular weight excluding hydrogens is 427 g/mol. The molecule has 174 valence electrons. The summed E-state index contributed by atoms with van der Waals surface area (Å²) in [6.07, 6.45) is -0.815. The predicted octanol–water partition coefficient (Wildman–Crippen LogP) is 2.97. The van der Waals surface area contributed by atoms with Crippen molar-refractivity contribution in [3.05, 3.63) is 96.6 Å². The number of aliphatic hydroxyl groups excluding tert-OH is 2. The van der Waals surface area contributed by atoms with Gasteiger partial charge in [-0.25, -0.2) is 4.79 Å². The molecule has 5 N–H and O–H groups in total. The molecule has 3 rings (SSSR count). The van der Waals surface area contributed by atoms with Crippen molar-refractivity contribution in [3.63, 3.8) is 0 Å². The van der Waals surface area contributed by atoms with Crippen LogP contribution in [0.25, 0.3) is 0 Å². The third-order valence-corrected chi connectivity index (χ3v) is 7.17. The molecule has 32 heavy (non-hydrogen) atoms. The number of benzene rings is 3. The normalized spacial score (nSPS) is 13.8. The van der Waals surface area contributed by atoms with Crippen LogP contribution in [-0.4, -0.2) is 43.3 Å². The van der Waals surface area contributed by atoms with Crippen LogP contribution >= 0.6 is 7.72 Å². The van der Waals surface area contributed by atoms with Crippen molar-refractivity contribution in [2.75, 3.05) is 0 Å². The van der Waals surface area contributed by atoms with Crippen molar-refractivity contribution in [2.45, 2.75) is 33.0 Å². The first-order valence-corrected chi connectivity index (χ1v) is 12.2. The van der Waals surface area contributed by atoms with Gasteiger partial charge < -0.3 is 15.3 Å². The Morgan fingerprint density at radius 2 is 0.969 bits per heavy atom. The molecule has 0 fully saturated rings. The van der Waals surface area contributed by atoms with Gasteiger partial charge in [0.15, 0.2) is 0 Å². The maximum atomic E-state index is 10.2. The van der Waals surface area contributed by atoms with Crippen LogP contribution in [0.1, 0.15) is 31.1 Å². The number of hydrogen-bond acceptors (Lipinski definition) is 5. The van der Waals surface area contributed by atoms with Gasteiger partial charge in [0.1, 0.15) is 0 Å². The third kappa shape index (κ3) is 9.27. The summed E-state index contributed by atoms with van der Waals surface area (Å²) in [6.45, 7) is 5.17. The molecule has 0 saturated heterocycles. The van der Waals surface area contributed by atoms with E-state index in [9.17, 15) is 14.6 Å². The molecule has 0 bridgehead atoms. The number of aromatic carboxylic acids is 1. The van der Waals surface area contributed by atoms with Gasteiger partial charge in [0, 0.05) is 5.92 Å². The molecule has 2 unspecified atom stereocenters. The predicted molar refractivity (Wildman–Crippen MR) is 131 cm³/mol. The summed E-state index contributed by atoms with van der Waals surface area (Å²) in [4.78, 5) is 30.5. The van der Waals surface area contributed by atoms with Crippen molar-refractivity contribution >= 4 is 24.3 Å². The summed E-state index contributed by atoms with van der Waals surface area (Å²) < 4.78 is 0. The topological polar surface area (TPSA) is 118 Å². The summed E-state index contributed by atoms with van der Waals surface area (Å²) in [7, 11) is -3.46. The molecule has 6 nitrogen and oxygen atoms in total. The van der Waals surface area contributed by atoms with E-state index < -0.39 is 25.9 Å². The van der Waals surface area contributed by atoms with E-state index in [-0.39, 0.29) is 5.92 Å². The van der Waals surface area contributed by atoms with Gasteiger partial charge in [-0.3, -0.25) is 0 Å². The quantitative estimate of drug-likeness (QED) is 0.374. The minimum atomic E-state index is -3.46. The monoisotopic (exact) mass is 460 g/mol. The number of carbonyl (C=O) groups is 1. The van der Waals surface area contributed by atoms with Gasteiger partial charge in [0.25, 0.3) is 0 Å². The zero-order valence-electron chi connectivity index (χ0n) is 18.5. The number of carboxylic acid groups (broad SMARTS) is 1. The van der Waals surface area contributed by atoms with Gasteiger partial charge in [-0.05, 0) is 26.0 Å². The average Bonchev–Trinajstić information content (AvgIpc) is 2.81. The second kappa shape index (κ2) is 13.7. The Balaban J connectivity index is 0.000000260. The molecule has 0 aromatic heterocycles. The third-order valence-electron chi connectivity index (χ3n) is 4.90. The maximum absolute atomic E-state index is 10.2. The number of aliphatic hydroxyl groups is 2. The Morgan fingerprint density at radius 3 is 1.19 bits per heavy atom. The van der Waals surface area contributed by atoms with Crippen LogP contribution < -0.4 is 10.6 Å². The van der Waals surface area contributed by atoms with Crippen LogP contribution in [0, 0.1) is 5.92 Å². The first kappa shape index (κ1) is 27.4. The molecule has 3 aromatic rings. The van der Waals surface area contributed by atoms with E-state index in [0.29, 0.717) is 16.2 Å². The molecule has 0 aliphatic rings. The van der Waals surface area contributed by atoms with E-state index in [4.69, 9.17) is 15.3 Å². The molecule has 2 atom stereocenters. The first-order chi connectivity index (χ1) is 15.1. The molecule has 3 aromatic carbocycles. The molecule has 0 aliphatic carbocycles. The molecule has 7 heteroatoms. The van der Waals surface area contributed by atoms with E-state index in [2.05, 4.69) is 0 Å². The Bertz CT molecular complexity index is 850. The van der Waals surface area contributed by atoms with E-state index in [0.717, 1.165) is 0 Å². The van der Waals surface area contributed by atoms with Gasteiger partial charge in [0.05, 0.1) is 17.8 Å². The van der Waals surface area contributed by atoms with Gasteiger partial charge in [-0.1, -0.05) is 25.1 Å². The summed E-state index contributed by atoms with van der Waals surface area (Å²) in [5, 5.41) is 27.3. The first-order valence-electron chi connectivity index (χ1n) is 10.3. The van der Waals surface area contributed by atoms with E-state index in [1.54, 1.807) is 68.4 Å². The van der Waals surface area contributed by atoms with Crippen molar-refractivity contribution in [2.24, 2.45) is 5.92 Å². The van der Waals surface area contributed by atoms with Crippen LogP contribution in [0.5, 0.6) is 0 Å². The molecule has 0 heterocycles. The van der Waals surface area contributed by atoms with Gasteiger partial charge in [0.2, 0.25) is 0 Å². The fourth-order valence-electron chi connectivity index (χ4n) is 2.49. The minimum absolute atomic E-state index is 0.0185. The zero-order chi connectivity index (χ0) is 24.1. The summed E-state index contributed by atoms with van der Waals surface area (Å²) in [5.41, 5.74) is 0.331. The molecular formula is C25H33O6P. The Kier molecular flexibility index (Phi) is 11.8. The van der Waals surface area contributed by atoms with Gasteiger partial charge >= 0.3 is 94.7 Å². The van der Waals surface area contributed by atoms with Crippen molar-refractivity contribution in [1.82, 2.24) is 0 Å². The Hall–Kier alpha value is -2.60. The summed E-state index contributed by atoms with van der Waals surface area (Å²) in [6, 6.07) is 26.3. The SMILES string of the molecule is CC(O)C(C)C(C)O.O=C(O)c1ccccc1.O[PH](O)(c1ccccc1)c1ccccc1. The van der Waals surface area contributed by atoms with Crippen LogP contribution in [-0.2, 0) is 0 Å². The van der Waals surface area contributed by atoms with E-state index >= 15 is 0 Å². The van der Waals surface area contributed by atoms with Crippen LogP contribution in [0.3, 0.4) is 0 Å². The van der Waals surface area contributed by atoms with Crippen molar-refractivity contribution in [3.8, 4) is 0 Å².